The molecule has 2 rings (SSSR count). The summed E-state index contributed by atoms with van der Waals surface area (Å²) in [5, 5.41) is 17.3. The lowest BCUT2D eigenvalue weighted by Gasteiger charge is -2.03. The summed E-state index contributed by atoms with van der Waals surface area (Å²) in [5.41, 5.74) is 0. The van der Waals surface area contributed by atoms with Gasteiger partial charge in [0.1, 0.15) is 11.5 Å². The maximum atomic E-state index is 8.63. The van der Waals surface area contributed by atoms with E-state index in [0.29, 0.717) is 11.5 Å². The summed E-state index contributed by atoms with van der Waals surface area (Å²) in [5.74, 6) is 0.644. The molecule has 0 aliphatic carbocycles. The lowest BCUT2D eigenvalue weighted by atomic mass is 10.0. The highest BCUT2D eigenvalue weighted by atomic mass is 16.3. The fourth-order valence-electron chi connectivity index (χ4n) is 3.48. The van der Waals surface area contributed by atoms with Crippen LogP contribution in [0.2, 0.25) is 0 Å². The summed E-state index contributed by atoms with van der Waals surface area (Å²) in [4.78, 5) is 0. The second-order valence-corrected chi connectivity index (χ2v) is 8.62. The number of hydrogen-bond donors (Lipinski definition) is 2. The van der Waals surface area contributed by atoms with E-state index in [2.05, 4.69) is 13.8 Å². The lowest BCUT2D eigenvalue weighted by molar-refractivity contribution is 0.475. The van der Waals surface area contributed by atoms with E-state index in [9.17, 15) is 0 Å². The van der Waals surface area contributed by atoms with Gasteiger partial charge in [-0.05, 0) is 24.3 Å². The zero-order chi connectivity index (χ0) is 23.5. The standard InChI is InChI=1S/C18H38.2C6H6O/c1-3-5-7-9-11-13-15-17-18-16-14-12-10-8-6-4-2;2*7-6-4-2-1-3-5-6/h3-18H2,1-2H3;2*1-5,7H. The maximum Gasteiger partial charge on any atom is 0.115 e. The molecule has 0 saturated heterocycles. The van der Waals surface area contributed by atoms with Gasteiger partial charge < -0.3 is 10.2 Å². The molecule has 0 saturated carbocycles. The van der Waals surface area contributed by atoms with Gasteiger partial charge in [0.15, 0.2) is 0 Å². The highest BCUT2D eigenvalue weighted by Gasteiger charge is 1.93. The molecule has 2 nitrogen and oxygen atoms in total. The third-order valence-corrected chi connectivity index (χ3v) is 5.47. The van der Waals surface area contributed by atoms with Crippen LogP contribution >= 0.6 is 0 Å². The first-order chi connectivity index (χ1) is 15.7. The van der Waals surface area contributed by atoms with Crippen LogP contribution in [0, 0.1) is 0 Å². The summed E-state index contributed by atoms with van der Waals surface area (Å²) >= 11 is 0. The van der Waals surface area contributed by atoms with Gasteiger partial charge >= 0.3 is 0 Å². The van der Waals surface area contributed by atoms with Gasteiger partial charge in [0, 0.05) is 0 Å². The molecular weight excluding hydrogens is 392 g/mol. The first kappa shape index (κ1) is 30.0. The summed E-state index contributed by atoms with van der Waals surface area (Å²) < 4.78 is 0. The molecule has 0 spiro atoms. The van der Waals surface area contributed by atoms with Crippen molar-refractivity contribution in [1.82, 2.24) is 0 Å². The Hall–Kier alpha value is -1.96. The second-order valence-electron chi connectivity index (χ2n) is 8.62. The Morgan fingerprint density at radius 1 is 0.375 bits per heavy atom. The molecule has 0 aliphatic rings. The quantitative estimate of drug-likeness (QED) is 0.269. The van der Waals surface area contributed by atoms with Gasteiger partial charge in [-0.3, -0.25) is 0 Å². The van der Waals surface area contributed by atoms with Crippen molar-refractivity contribution in [3.8, 4) is 11.5 Å². The van der Waals surface area contributed by atoms with Crippen LogP contribution in [-0.2, 0) is 0 Å². The highest BCUT2D eigenvalue weighted by molar-refractivity contribution is 5.19. The molecule has 0 radical (unpaired) electrons. The molecule has 0 atom stereocenters. The normalized spacial score (nSPS) is 9.94. The minimum absolute atomic E-state index is 0.322. The van der Waals surface area contributed by atoms with Crippen molar-refractivity contribution >= 4 is 0 Å². The number of benzene rings is 2. The molecule has 0 heterocycles. The molecule has 0 fully saturated rings. The fourth-order valence-corrected chi connectivity index (χ4v) is 3.48. The predicted molar refractivity (Wildman–Crippen MR) is 141 cm³/mol. The van der Waals surface area contributed by atoms with E-state index in [1.165, 1.54) is 103 Å². The Labute approximate surface area is 199 Å². The van der Waals surface area contributed by atoms with Gasteiger partial charge in [-0.25, -0.2) is 0 Å². The second kappa shape index (κ2) is 25.3. The van der Waals surface area contributed by atoms with Gasteiger partial charge in [-0.1, -0.05) is 153 Å². The van der Waals surface area contributed by atoms with E-state index in [-0.39, 0.29) is 0 Å². The number of hydrogen-bond acceptors (Lipinski definition) is 2. The van der Waals surface area contributed by atoms with Crippen LogP contribution in [0.25, 0.3) is 0 Å². The molecule has 2 aromatic rings. The van der Waals surface area contributed by atoms with Crippen molar-refractivity contribution < 1.29 is 10.2 Å². The number of phenolic OH excluding ortho intramolecular Hbond substituents is 2. The largest absolute Gasteiger partial charge is 0.508 e. The average Bonchev–Trinajstić information content (AvgIpc) is 2.81. The summed E-state index contributed by atoms with van der Waals surface area (Å²) in [6, 6.07) is 17.4. The number of unbranched alkanes of at least 4 members (excludes halogenated alkanes) is 15. The van der Waals surface area contributed by atoms with Crippen LogP contribution in [-0.4, -0.2) is 10.2 Å². The Balaban J connectivity index is 0.000000550. The first-order valence-electron chi connectivity index (χ1n) is 13.2. The van der Waals surface area contributed by atoms with Gasteiger partial charge in [-0.15, -0.1) is 0 Å². The topological polar surface area (TPSA) is 40.5 Å². The molecule has 2 N–H and O–H groups in total. The van der Waals surface area contributed by atoms with Crippen LogP contribution in [0.15, 0.2) is 60.7 Å². The Kier molecular flexibility index (Phi) is 23.8. The first-order valence-corrected chi connectivity index (χ1v) is 13.2. The number of para-hydroxylation sites is 2. The minimum Gasteiger partial charge on any atom is -0.508 e. The fraction of sp³-hybridized carbons (Fsp3) is 0.600. The van der Waals surface area contributed by atoms with Crippen LogP contribution in [0.1, 0.15) is 117 Å². The van der Waals surface area contributed by atoms with E-state index in [0.717, 1.165) is 0 Å². The van der Waals surface area contributed by atoms with Crippen molar-refractivity contribution in [3.63, 3.8) is 0 Å². The lowest BCUT2D eigenvalue weighted by Crippen LogP contribution is -1.83. The molecule has 32 heavy (non-hydrogen) atoms. The predicted octanol–water partition coefficient (Wildman–Crippen LogP) is 10.1. The average molecular weight is 443 g/mol. The van der Waals surface area contributed by atoms with Crippen LogP contribution in [0.5, 0.6) is 11.5 Å². The summed E-state index contributed by atoms with van der Waals surface area (Å²) in [7, 11) is 0. The molecule has 0 bridgehead atoms. The molecule has 0 aliphatic heterocycles. The zero-order valence-electron chi connectivity index (χ0n) is 21.0. The van der Waals surface area contributed by atoms with Crippen molar-refractivity contribution in [1.29, 1.82) is 0 Å². The van der Waals surface area contributed by atoms with Crippen molar-refractivity contribution in [2.75, 3.05) is 0 Å². The Morgan fingerprint density at radius 3 is 0.750 bits per heavy atom. The monoisotopic (exact) mass is 442 g/mol. The molecule has 0 amide bonds. The van der Waals surface area contributed by atoms with E-state index in [1.807, 2.05) is 12.1 Å². The Morgan fingerprint density at radius 2 is 0.594 bits per heavy atom. The number of phenols is 2. The van der Waals surface area contributed by atoms with Crippen LogP contribution in [0.4, 0.5) is 0 Å². The van der Waals surface area contributed by atoms with Gasteiger partial charge in [0.25, 0.3) is 0 Å². The van der Waals surface area contributed by atoms with Gasteiger partial charge in [0.05, 0.1) is 0 Å². The van der Waals surface area contributed by atoms with Crippen molar-refractivity contribution in [3.05, 3.63) is 60.7 Å². The molecule has 182 valence electrons. The van der Waals surface area contributed by atoms with E-state index in [4.69, 9.17) is 10.2 Å². The third-order valence-electron chi connectivity index (χ3n) is 5.47. The summed E-state index contributed by atoms with van der Waals surface area (Å²) in [6.07, 6.45) is 23.4. The molecule has 2 heteroatoms. The van der Waals surface area contributed by atoms with E-state index >= 15 is 0 Å². The molecule has 2 aromatic carbocycles. The highest BCUT2D eigenvalue weighted by Crippen LogP contribution is 2.13. The van der Waals surface area contributed by atoms with Crippen LogP contribution in [0.3, 0.4) is 0 Å². The molecule has 0 aromatic heterocycles. The van der Waals surface area contributed by atoms with Crippen LogP contribution < -0.4 is 0 Å². The smallest absolute Gasteiger partial charge is 0.115 e. The SMILES string of the molecule is CCCCCCCCCCCCCCCCCC.Oc1ccccc1.Oc1ccccc1. The van der Waals surface area contributed by atoms with Gasteiger partial charge in [0.2, 0.25) is 0 Å². The number of aromatic hydroxyl groups is 2. The van der Waals surface area contributed by atoms with Crippen molar-refractivity contribution in [2.45, 2.75) is 117 Å². The Bertz CT molecular complexity index is 514. The number of rotatable bonds is 15. The molecular formula is C30H50O2. The van der Waals surface area contributed by atoms with Crippen molar-refractivity contribution in [2.24, 2.45) is 0 Å². The zero-order valence-corrected chi connectivity index (χ0v) is 21.0. The third kappa shape index (κ3) is 24.3. The minimum atomic E-state index is 0.322. The summed E-state index contributed by atoms with van der Waals surface area (Å²) in [6.45, 7) is 4.59. The van der Waals surface area contributed by atoms with E-state index < -0.39 is 0 Å². The van der Waals surface area contributed by atoms with E-state index in [1.54, 1.807) is 48.5 Å². The maximum absolute atomic E-state index is 8.63. The molecule has 0 unspecified atom stereocenters. The van der Waals surface area contributed by atoms with Gasteiger partial charge in [-0.2, -0.15) is 0 Å².